The average Bonchev–Trinajstić information content (AvgIpc) is 3.02. The van der Waals surface area contributed by atoms with Gasteiger partial charge in [-0.15, -0.1) is 0 Å². The molecular weight excluding hydrogens is 268 g/mol. The van der Waals surface area contributed by atoms with Gasteiger partial charge in [0.1, 0.15) is 17.6 Å². The molecule has 116 valence electrons. The van der Waals surface area contributed by atoms with Crippen LogP contribution in [0.5, 0.6) is 0 Å². The number of carbonyl (C=O) groups is 1. The predicted molar refractivity (Wildman–Crippen MR) is 78.8 cm³/mol. The third-order valence-corrected chi connectivity index (χ3v) is 4.58. The van der Waals surface area contributed by atoms with Gasteiger partial charge in [-0.2, -0.15) is 0 Å². The Morgan fingerprint density at radius 2 is 2.05 bits per heavy atom. The van der Waals surface area contributed by atoms with E-state index in [0.29, 0.717) is 19.0 Å². The zero-order valence-corrected chi connectivity index (χ0v) is 12.8. The van der Waals surface area contributed by atoms with Gasteiger partial charge < -0.3 is 14.4 Å². The third kappa shape index (κ3) is 3.30. The highest BCUT2D eigenvalue weighted by molar-refractivity contribution is 5.80. The summed E-state index contributed by atoms with van der Waals surface area (Å²) in [5.41, 5.74) is 0. The van der Waals surface area contributed by atoms with Gasteiger partial charge in [0.2, 0.25) is 0 Å². The van der Waals surface area contributed by atoms with Gasteiger partial charge in [0, 0.05) is 32.1 Å². The number of nitrogens with zero attached hydrogens (tertiary/aromatic N) is 2. The molecule has 1 saturated heterocycles. The molecular formula is C16H24N2O3. The number of aliphatic hydroxyl groups excluding tert-OH is 1. The fourth-order valence-corrected chi connectivity index (χ4v) is 3.01. The summed E-state index contributed by atoms with van der Waals surface area (Å²) in [5.74, 6) is 3.36. The smallest absolute Gasteiger partial charge is 0.251 e. The Hall–Kier alpha value is -1.33. The minimum absolute atomic E-state index is 0.169. The quantitative estimate of drug-likeness (QED) is 0.912. The SMILES string of the molecule is CC(O)C(=O)N1CCN(Cc2ccc(C3CC3C)o2)CC1. The van der Waals surface area contributed by atoms with Gasteiger partial charge >= 0.3 is 0 Å². The van der Waals surface area contributed by atoms with E-state index in [0.717, 1.165) is 37.1 Å². The summed E-state index contributed by atoms with van der Waals surface area (Å²) >= 11 is 0. The molecule has 1 aliphatic heterocycles. The minimum Gasteiger partial charge on any atom is -0.464 e. The Balaban J connectivity index is 1.49. The van der Waals surface area contributed by atoms with E-state index in [1.807, 2.05) is 0 Å². The molecule has 1 aromatic rings. The van der Waals surface area contributed by atoms with Crippen LogP contribution in [0.15, 0.2) is 16.5 Å². The molecule has 1 aromatic heterocycles. The summed E-state index contributed by atoms with van der Waals surface area (Å²) in [6.45, 7) is 7.59. The Morgan fingerprint density at radius 3 is 2.62 bits per heavy atom. The lowest BCUT2D eigenvalue weighted by Gasteiger charge is -2.34. The largest absolute Gasteiger partial charge is 0.464 e. The lowest BCUT2D eigenvalue weighted by Crippen LogP contribution is -2.50. The van der Waals surface area contributed by atoms with Crippen LogP contribution in [0.4, 0.5) is 0 Å². The molecule has 2 aliphatic rings. The van der Waals surface area contributed by atoms with Gasteiger partial charge in [-0.05, 0) is 31.4 Å². The van der Waals surface area contributed by atoms with Crippen molar-refractivity contribution in [1.29, 1.82) is 0 Å². The maximum absolute atomic E-state index is 11.7. The van der Waals surface area contributed by atoms with Gasteiger partial charge in [0.15, 0.2) is 0 Å². The molecule has 2 heterocycles. The van der Waals surface area contributed by atoms with Crippen LogP contribution >= 0.6 is 0 Å². The highest BCUT2D eigenvalue weighted by atomic mass is 16.3. The van der Waals surface area contributed by atoms with Crippen molar-refractivity contribution in [2.45, 2.75) is 38.8 Å². The van der Waals surface area contributed by atoms with Gasteiger partial charge in [-0.1, -0.05) is 6.92 Å². The Kier molecular flexibility index (Phi) is 4.04. The summed E-state index contributed by atoms with van der Waals surface area (Å²) in [6, 6.07) is 4.18. The van der Waals surface area contributed by atoms with Crippen molar-refractivity contribution in [2.24, 2.45) is 5.92 Å². The van der Waals surface area contributed by atoms with E-state index in [-0.39, 0.29) is 5.91 Å². The molecule has 1 saturated carbocycles. The van der Waals surface area contributed by atoms with Crippen molar-refractivity contribution in [3.63, 3.8) is 0 Å². The van der Waals surface area contributed by atoms with Crippen molar-refractivity contribution in [3.05, 3.63) is 23.7 Å². The molecule has 0 spiro atoms. The highest BCUT2D eigenvalue weighted by Crippen LogP contribution is 2.47. The van der Waals surface area contributed by atoms with Crippen LogP contribution in [0.2, 0.25) is 0 Å². The summed E-state index contributed by atoms with van der Waals surface area (Å²) in [5, 5.41) is 9.34. The van der Waals surface area contributed by atoms with E-state index in [9.17, 15) is 9.90 Å². The number of piperazine rings is 1. The number of furan rings is 1. The number of hydrogen-bond acceptors (Lipinski definition) is 4. The van der Waals surface area contributed by atoms with Crippen molar-refractivity contribution in [3.8, 4) is 0 Å². The molecule has 21 heavy (non-hydrogen) atoms. The highest BCUT2D eigenvalue weighted by Gasteiger charge is 2.36. The van der Waals surface area contributed by atoms with Crippen molar-refractivity contribution >= 4 is 5.91 Å². The van der Waals surface area contributed by atoms with E-state index in [1.165, 1.54) is 13.3 Å². The molecule has 1 aliphatic carbocycles. The van der Waals surface area contributed by atoms with E-state index in [1.54, 1.807) is 4.90 Å². The second-order valence-electron chi connectivity index (χ2n) is 6.40. The second kappa shape index (κ2) is 5.81. The second-order valence-corrected chi connectivity index (χ2v) is 6.40. The molecule has 3 rings (SSSR count). The number of amides is 1. The van der Waals surface area contributed by atoms with Crippen LogP contribution in [0, 0.1) is 5.92 Å². The van der Waals surface area contributed by atoms with Crippen LogP contribution in [0.3, 0.4) is 0 Å². The zero-order valence-electron chi connectivity index (χ0n) is 12.8. The Morgan fingerprint density at radius 1 is 1.38 bits per heavy atom. The first kappa shape index (κ1) is 14.6. The first-order chi connectivity index (χ1) is 10.0. The predicted octanol–water partition coefficient (Wildman–Crippen LogP) is 1.43. The molecule has 5 nitrogen and oxygen atoms in total. The van der Waals surface area contributed by atoms with E-state index in [4.69, 9.17) is 4.42 Å². The molecule has 3 atom stereocenters. The van der Waals surface area contributed by atoms with Crippen molar-refractivity contribution < 1.29 is 14.3 Å². The van der Waals surface area contributed by atoms with Crippen molar-refractivity contribution in [1.82, 2.24) is 9.80 Å². The molecule has 5 heteroatoms. The van der Waals surface area contributed by atoms with E-state index < -0.39 is 6.10 Å². The van der Waals surface area contributed by atoms with Crippen LogP contribution in [0.1, 0.15) is 37.7 Å². The number of carbonyl (C=O) groups excluding carboxylic acids is 1. The lowest BCUT2D eigenvalue weighted by molar-refractivity contribution is -0.141. The number of aliphatic hydroxyl groups is 1. The minimum atomic E-state index is -0.898. The van der Waals surface area contributed by atoms with Gasteiger partial charge in [-0.3, -0.25) is 9.69 Å². The molecule has 0 bridgehead atoms. The van der Waals surface area contributed by atoms with Crippen LogP contribution in [-0.4, -0.2) is 53.1 Å². The summed E-state index contributed by atoms with van der Waals surface area (Å²) in [4.78, 5) is 15.8. The summed E-state index contributed by atoms with van der Waals surface area (Å²) < 4.78 is 5.93. The average molecular weight is 292 g/mol. The van der Waals surface area contributed by atoms with Gasteiger partial charge in [0.05, 0.1) is 6.54 Å². The maximum atomic E-state index is 11.7. The third-order valence-electron chi connectivity index (χ3n) is 4.58. The molecule has 2 fully saturated rings. The molecule has 0 radical (unpaired) electrons. The summed E-state index contributed by atoms with van der Waals surface area (Å²) in [7, 11) is 0. The number of rotatable bonds is 4. The molecule has 1 N–H and O–H groups in total. The first-order valence-electron chi connectivity index (χ1n) is 7.82. The van der Waals surface area contributed by atoms with Crippen molar-refractivity contribution in [2.75, 3.05) is 26.2 Å². The maximum Gasteiger partial charge on any atom is 0.251 e. The summed E-state index contributed by atoms with van der Waals surface area (Å²) in [6.07, 6.45) is 0.345. The molecule has 1 amide bonds. The van der Waals surface area contributed by atoms with Crippen LogP contribution in [0.25, 0.3) is 0 Å². The molecule has 3 unspecified atom stereocenters. The lowest BCUT2D eigenvalue weighted by atomic mass is 10.2. The monoisotopic (exact) mass is 292 g/mol. The molecule has 0 aromatic carbocycles. The fraction of sp³-hybridized carbons (Fsp3) is 0.688. The normalized spacial score (nSPS) is 27.7. The van der Waals surface area contributed by atoms with Gasteiger partial charge in [-0.25, -0.2) is 0 Å². The van der Waals surface area contributed by atoms with Crippen LogP contribution in [-0.2, 0) is 11.3 Å². The van der Waals surface area contributed by atoms with Crippen LogP contribution < -0.4 is 0 Å². The van der Waals surface area contributed by atoms with E-state index >= 15 is 0 Å². The Bertz CT molecular complexity index is 503. The van der Waals surface area contributed by atoms with Gasteiger partial charge in [0.25, 0.3) is 5.91 Å². The standard InChI is InChI=1S/C16H24N2O3/c1-11-9-14(11)15-4-3-13(21-15)10-17-5-7-18(8-6-17)16(20)12(2)19/h3-4,11-12,14,19H,5-10H2,1-2H3. The Labute approximate surface area is 125 Å². The zero-order chi connectivity index (χ0) is 15.0. The first-order valence-corrected chi connectivity index (χ1v) is 7.82. The van der Waals surface area contributed by atoms with E-state index in [2.05, 4.69) is 24.0 Å². The number of hydrogen-bond donors (Lipinski definition) is 1. The topological polar surface area (TPSA) is 56.9 Å². The fourth-order valence-electron chi connectivity index (χ4n) is 3.01.